The molecular formula is C12H11N5. The number of nitrogens with zero attached hydrogens (tertiary/aromatic N) is 4. The Bertz CT molecular complexity index is 686. The maximum Gasteiger partial charge on any atom is 0.183 e. The lowest BCUT2D eigenvalue weighted by Crippen LogP contribution is -1.90. The number of nitrogen functional groups attached to an aromatic ring is 1. The topological polar surface area (TPSA) is 69.1 Å². The molecule has 3 rings (SSSR count). The van der Waals surface area contributed by atoms with Gasteiger partial charge in [0.15, 0.2) is 11.5 Å². The van der Waals surface area contributed by atoms with Crippen molar-refractivity contribution in [1.82, 2.24) is 19.6 Å². The van der Waals surface area contributed by atoms with E-state index in [1.165, 1.54) is 0 Å². The van der Waals surface area contributed by atoms with E-state index in [2.05, 4.69) is 15.1 Å². The maximum atomic E-state index is 5.70. The molecule has 3 aromatic rings. The summed E-state index contributed by atoms with van der Waals surface area (Å²) in [6.45, 7) is 1.99. The summed E-state index contributed by atoms with van der Waals surface area (Å²) in [5.74, 6) is 0.659. The first-order valence-corrected chi connectivity index (χ1v) is 5.26. The molecular weight excluding hydrogens is 214 g/mol. The highest BCUT2D eigenvalue weighted by Crippen LogP contribution is 2.17. The van der Waals surface area contributed by atoms with Crippen LogP contribution in [0.3, 0.4) is 0 Å². The van der Waals surface area contributed by atoms with Crippen molar-refractivity contribution < 1.29 is 0 Å². The summed E-state index contributed by atoms with van der Waals surface area (Å²) in [6.07, 6.45) is 5.35. The van der Waals surface area contributed by atoms with Crippen LogP contribution in [-0.4, -0.2) is 19.6 Å². The van der Waals surface area contributed by atoms with Gasteiger partial charge in [-0.2, -0.15) is 0 Å². The molecule has 3 heterocycles. The summed E-state index contributed by atoms with van der Waals surface area (Å²) >= 11 is 0. The van der Waals surface area contributed by atoms with E-state index in [4.69, 9.17) is 5.73 Å². The zero-order chi connectivity index (χ0) is 11.8. The van der Waals surface area contributed by atoms with Crippen molar-refractivity contribution >= 4 is 11.3 Å². The van der Waals surface area contributed by atoms with Gasteiger partial charge in [-0.1, -0.05) is 0 Å². The molecule has 0 atom stereocenters. The van der Waals surface area contributed by atoms with Gasteiger partial charge in [-0.05, 0) is 24.6 Å². The normalized spacial score (nSPS) is 10.9. The van der Waals surface area contributed by atoms with E-state index in [1.807, 2.05) is 13.0 Å². The van der Waals surface area contributed by atoms with Gasteiger partial charge in [0.25, 0.3) is 0 Å². The minimum Gasteiger partial charge on any atom is -0.399 e. The van der Waals surface area contributed by atoms with Crippen molar-refractivity contribution in [2.24, 2.45) is 0 Å². The highest BCUT2D eigenvalue weighted by Gasteiger charge is 2.06. The van der Waals surface area contributed by atoms with E-state index < -0.39 is 0 Å². The minimum absolute atomic E-state index is 0.659. The zero-order valence-corrected chi connectivity index (χ0v) is 9.33. The van der Waals surface area contributed by atoms with E-state index >= 15 is 0 Å². The molecule has 0 aromatic carbocycles. The molecule has 0 radical (unpaired) electrons. The van der Waals surface area contributed by atoms with Gasteiger partial charge < -0.3 is 5.73 Å². The van der Waals surface area contributed by atoms with Crippen molar-refractivity contribution in [2.45, 2.75) is 6.92 Å². The number of fused-ring (bicyclic) bond motifs is 1. The molecule has 0 aliphatic carbocycles. The van der Waals surface area contributed by atoms with E-state index in [9.17, 15) is 0 Å². The molecule has 84 valence electrons. The Hall–Kier alpha value is -2.43. The van der Waals surface area contributed by atoms with Gasteiger partial charge >= 0.3 is 0 Å². The van der Waals surface area contributed by atoms with Crippen LogP contribution >= 0.6 is 0 Å². The molecule has 0 saturated heterocycles. The number of pyridine rings is 2. The van der Waals surface area contributed by atoms with Crippen molar-refractivity contribution in [3.63, 3.8) is 0 Å². The summed E-state index contributed by atoms with van der Waals surface area (Å²) < 4.78 is 1.70. The van der Waals surface area contributed by atoms with Crippen LogP contribution in [0.4, 0.5) is 5.69 Å². The fraction of sp³-hybridized carbons (Fsp3) is 0.0833. The van der Waals surface area contributed by atoms with Crippen LogP contribution in [0.5, 0.6) is 0 Å². The molecule has 0 fully saturated rings. The van der Waals surface area contributed by atoms with E-state index in [-0.39, 0.29) is 0 Å². The Labute approximate surface area is 97.9 Å². The number of hydrogen-bond acceptors (Lipinski definition) is 4. The summed E-state index contributed by atoms with van der Waals surface area (Å²) in [7, 11) is 0. The van der Waals surface area contributed by atoms with Gasteiger partial charge in [-0.15, -0.1) is 5.10 Å². The molecule has 0 bridgehead atoms. The lowest BCUT2D eigenvalue weighted by Gasteiger charge is -1.94. The van der Waals surface area contributed by atoms with Crippen LogP contribution < -0.4 is 5.73 Å². The van der Waals surface area contributed by atoms with Gasteiger partial charge in [0.2, 0.25) is 0 Å². The Morgan fingerprint density at radius 1 is 1.24 bits per heavy atom. The Kier molecular flexibility index (Phi) is 2.04. The van der Waals surface area contributed by atoms with Crippen LogP contribution in [0.1, 0.15) is 5.56 Å². The molecule has 3 aromatic heterocycles. The largest absolute Gasteiger partial charge is 0.399 e. The fourth-order valence-corrected chi connectivity index (χ4v) is 1.70. The third-order valence-electron chi connectivity index (χ3n) is 2.49. The van der Waals surface area contributed by atoms with Crippen LogP contribution in [0.2, 0.25) is 0 Å². The average molecular weight is 225 g/mol. The first-order chi connectivity index (χ1) is 8.22. The second-order valence-corrected chi connectivity index (χ2v) is 3.95. The average Bonchev–Trinajstić information content (AvgIpc) is 2.72. The highest BCUT2D eigenvalue weighted by atomic mass is 15.3. The quantitative estimate of drug-likeness (QED) is 0.684. The third-order valence-corrected chi connectivity index (χ3v) is 2.49. The summed E-state index contributed by atoms with van der Waals surface area (Å²) in [4.78, 5) is 8.55. The molecule has 0 spiro atoms. The Morgan fingerprint density at radius 3 is 2.94 bits per heavy atom. The first-order valence-electron chi connectivity index (χ1n) is 5.26. The van der Waals surface area contributed by atoms with Crippen molar-refractivity contribution in [3.8, 4) is 11.4 Å². The second-order valence-electron chi connectivity index (χ2n) is 3.95. The number of aromatic nitrogens is 4. The molecule has 0 aliphatic rings. The van der Waals surface area contributed by atoms with Gasteiger partial charge in [0, 0.05) is 35.9 Å². The van der Waals surface area contributed by atoms with Gasteiger partial charge in [0.1, 0.15) is 0 Å². The number of aryl methyl sites for hydroxylation is 1. The second kappa shape index (κ2) is 3.55. The van der Waals surface area contributed by atoms with Crippen molar-refractivity contribution in [2.75, 3.05) is 5.73 Å². The molecule has 17 heavy (non-hydrogen) atoms. The SMILES string of the molecule is Cc1cncc(-c2nc3cc(N)ccn3n2)c1. The van der Waals surface area contributed by atoms with Crippen molar-refractivity contribution in [3.05, 3.63) is 42.4 Å². The molecule has 0 aliphatic heterocycles. The molecule has 0 unspecified atom stereocenters. The molecule has 2 N–H and O–H groups in total. The Morgan fingerprint density at radius 2 is 2.12 bits per heavy atom. The standard InChI is InChI=1S/C12H11N5/c1-8-4-9(7-14-6-8)12-15-11-5-10(13)2-3-17(11)16-12/h2-7H,13H2,1H3. The molecule has 0 saturated carbocycles. The lowest BCUT2D eigenvalue weighted by molar-refractivity contribution is 0.965. The molecule has 0 amide bonds. The lowest BCUT2D eigenvalue weighted by atomic mass is 10.2. The van der Waals surface area contributed by atoms with Crippen LogP contribution in [0.25, 0.3) is 17.0 Å². The van der Waals surface area contributed by atoms with Gasteiger partial charge in [0.05, 0.1) is 0 Å². The number of anilines is 1. The summed E-state index contributed by atoms with van der Waals surface area (Å²) in [6, 6.07) is 5.59. The maximum absolute atomic E-state index is 5.70. The fourth-order valence-electron chi connectivity index (χ4n) is 1.70. The summed E-state index contributed by atoms with van der Waals surface area (Å²) in [5, 5.41) is 4.38. The van der Waals surface area contributed by atoms with Gasteiger partial charge in [-0.25, -0.2) is 9.50 Å². The van der Waals surface area contributed by atoms with Crippen molar-refractivity contribution in [1.29, 1.82) is 0 Å². The van der Waals surface area contributed by atoms with E-state index in [1.54, 1.807) is 35.2 Å². The predicted molar refractivity (Wildman–Crippen MR) is 65.4 cm³/mol. The number of rotatable bonds is 1. The monoisotopic (exact) mass is 225 g/mol. The van der Waals surface area contributed by atoms with Crippen LogP contribution in [-0.2, 0) is 0 Å². The number of hydrogen-bond donors (Lipinski definition) is 1. The Balaban J connectivity index is 2.18. The first kappa shape index (κ1) is 9.77. The van der Waals surface area contributed by atoms with Crippen LogP contribution in [0, 0.1) is 6.92 Å². The highest BCUT2D eigenvalue weighted by molar-refractivity contribution is 5.60. The minimum atomic E-state index is 0.659. The zero-order valence-electron chi connectivity index (χ0n) is 9.33. The molecule has 5 heteroatoms. The smallest absolute Gasteiger partial charge is 0.183 e. The van der Waals surface area contributed by atoms with Gasteiger partial charge in [-0.3, -0.25) is 4.98 Å². The van der Waals surface area contributed by atoms with E-state index in [0.717, 1.165) is 16.8 Å². The van der Waals surface area contributed by atoms with Crippen LogP contribution in [0.15, 0.2) is 36.8 Å². The third kappa shape index (κ3) is 1.71. The number of nitrogens with two attached hydrogens (primary N) is 1. The predicted octanol–water partition coefficient (Wildman–Crippen LogP) is 1.68. The summed E-state index contributed by atoms with van der Waals surface area (Å²) in [5.41, 5.74) is 9.11. The molecule has 5 nitrogen and oxygen atoms in total. The van der Waals surface area contributed by atoms with E-state index in [0.29, 0.717) is 11.5 Å².